The molecule has 0 unspecified atom stereocenters. The number of hydrogen-bond acceptors (Lipinski definition) is 3. The van der Waals surface area contributed by atoms with Crippen LogP contribution in [0.4, 0.5) is 4.39 Å². The van der Waals surface area contributed by atoms with E-state index in [1.54, 1.807) is 17.9 Å². The fraction of sp³-hybridized carbons (Fsp3) is 0.500. The molecule has 4 nitrogen and oxygen atoms in total. The van der Waals surface area contributed by atoms with Gasteiger partial charge in [0, 0.05) is 31.7 Å². The zero-order valence-corrected chi connectivity index (χ0v) is 11.4. The number of piperazine rings is 1. The summed E-state index contributed by atoms with van der Waals surface area (Å²) in [6, 6.07) is 4.43. The normalized spacial score (nSPS) is 20.6. The zero-order valence-electron chi connectivity index (χ0n) is 11.4. The summed E-state index contributed by atoms with van der Waals surface area (Å²) in [7, 11) is 2.01. The second kappa shape index (κ2) is 5.67. The maximum absolute atomic E-state index is 13.4. The lowest BCUT2D eigenvalue weighted by Gasteiger charge is -2.39. The predicted molar refractivity (Wildman–Crippen MR) is 72.5 cm³/mol. The first-order chi connectivity index (χ1) is 9.01. The van der Waals surface area contributed by atoms with Gasteiger partial charge < -0.3 is 15.5 Å². The zero-order chi connectivity index (χ0) is 14.0. The van der Waals surface area contributed by atoms with Gasteiger partial charge in [0.05, 0.1) is 6.04 Å². The van der Waals surface area contributed by atoms with Crippen LogP contribution in [0, 0.1) is 12.7 Å². The number of benzene rings is 1. The highest BCUT2D eigenvalue weighted by Crippen LogP contribution is 2.15. The van der Waals surface area contributed by atoms with E-state index < -0.39 is 0 Å². The molecule has 19 heavy (non-hydrogen) atoms. The third-order valence-corrected chi connectivity index (χ3v) is 3.51. The van der Waals surface area contributed by atoms with Gasteiger partial charge in [-0.1, -0.05) is 0 Å². The van der Waals surface area contributed by atoms with Crippen molar-refractivity contribution in [1.29, 1.82) is 0 Å². The van der Waals surface area contributed by atoms with Gasteiger partial charge in [0.15, 0.2) is 0 Å². The van der Waals surface area contributed by atoms with Gasteiger partial charge in [-0.3, -0.25) is 4.79 Å². The molecule has 0 aromatic heterocycles. The molecule has 0 spiro atoms. The molecule has 0 saturated carbocycles. The minimum Gasteiger partial charge on any atom is -0.332 e. The molecule has 1 heterocycles. The summed E-state index contributed by atoms with van der Waals surface area (Å²) in [5.74, 6) is -0.507. The minimum atomic E-state index is -0.373. The Kier molecular flexibility index (Phi) is 4.17. The number of carbonyl (C=O) groups is 1. The number of carbonyl (C=O) groups excluding carboxylic acids is 1. The fourth-order valence-electron chi connectivity index (χ4n) is 2.51. The van der Waals surface area contributed by atoms with Gasteiger partial charge in [0.25, 0.3) is 5.91 Å². The molecule has 0 aliphatic carbocycles. The lowest BCUT2D eigenvalue weighted by molar-refractivity contribution is 0.0515. The van der Waals surface area contributed by atoms with Crippen LogP contribution in [-0.2, 0) is 0 Å². The number of nitrogens with two attached hydrogens (primary N) is 1. The topological polar surface area (TPSA) is 49.6 Å². The van der Waals surface area contributed by atoms with E-state index in [2.05, 4.69) is 4.90 Å². The van der Waals surface area contributed by atoms with E-state index in [-0.39, 0.29) is 17.8 Å². The van der Waals surface area contributed by atoms with E-state index in [1.807, 2.05) is 7.05 Å². The molecule has 2 N–H and O–H groups in total. The van der Waals surface area contributed by atoms with Crippen molar-refractivity contribution in [2.75, 3.05) is 33.2 Å². The number of likely N-dealkylation sites (N-methyl/N-ethyl adjacent to an activating group) is 1. The largest absolute Gasteiger partial charge is 0.332 e. The number of amides is 1. The minimum absolute atomic E-state index is 0.00479. The fourth-order valence-corrected chi connectivity index (χ4v) is 2.51. The van der Waals surface area contributed by atoms with Crippen molar-refractivity contribution in [2.45, 2.75) is 13.0 Å². The van der Waals surface area contributed by atoms with Crippen molar-refractivity contribution >= 4 is 5.91 Å². The van der Waals surface area contributed by atoms with Crippen LogP contribution in [0.15, 0.2) is 18.2 Å². The Morgan fingerprint density at radius 2 is 2.16 bits per heavy atom. The predicted octanol–water partition coefficient (Wildman–Crippen LogP) is 0.849. The quantitative estimate of drug-likeness (QED) is 0.862. The van der Waals surface area contributed by atoms with E-state index in [0.29, 0.717) is 18.7 Å². The van der Waals surface area contributed by atoms with Gasteiger partial charge in [-0.25, -0.2) is 4.39 Å². The SMILES string of the molecule is Cc1cc(F)cc(C(=O)N2CCN(C)C[C@@H]2CN)c1. The molecule has 1 aliphatic heterocycles. The van der Waals surface area contributed by atoms with Gasteiger partial charge in [0.1, 0.15) is 5.82 Å². The Hall–Kier alpha value is -1.46. The summed E-state index contributed by atoms with van der Waals surface area (Å²) >= 11 is 0. The van der Waals surface area contributed by atoms with Crippen molar-refractivity contribution in [2.24, 2.45) is 5.73 Å². The first kappa shape index (κ1) is 14.0. The van der Waals surface area contributed by atoms with Crippen LogP contribution in [0.2, 0.25) is 0 Å². The summed E-state index contributed by atoms with van der Waals surface area (Å²) < 4.78 is 13.4. The molecule has 0 bridgehead atoms. The van der Waals surface area contributed by atoms with Crippen LogP contribution in [0.5, 0.6) is 0 Å². The van der Waals surface area contributed by atoms with E-state index in [1.165, 1.54) is 12.1 Å². The number of hydrogen-bond donors (Lipinski definition) is 1. The lowest BCUT2D eigenvalue weighted by Crippen LogP contribution is -2.56. The molecule has 0 radical (unpaired) electrons. The van der Waals surface area contributed by atoms with E-state index >= 15 is 0 Å². The van der Waals surface area contributed by atoms with Crippen molar-refractivity contribution in [3.8, 4) is 0 Å². The number of nitrogens with zero attached hydrogens (tertiary/aromatic N) is 2. The lowest BCUT2D eigenvalue weighted by atomic mass is 10.1. The summed E-state index contributed by atoms with van der Waals surface area (Å²) in [5.41, 5.74) is 6.89. The Labute approximate surface area is 113 Å². The highest BCUT2D eigenvalue weighted by atomic mass is 19.1. The van der Waals surface area contributed by atoms with Crippen LogP contribution in [0.1, 0.15) is 15.9 Å². The van der Waals surface area contributed by atoms with E-state index in [0.717, 1.165) is 18.7 Å². The van der Waals surface area contributed by atoms with Gasteiger partial charge in [-0.05, 0) is 37.7 Å². The molecule has 1 aliphatic rings. The highest BCUT2D eigenvalue weighted by molar-refractivity contribution is 5.94. The molecule has 1 amide bonds. The molecule has 104 valence electrons. The summed E-state index contributed by atoms with van der Waals surface area (Å²) in [6.07, 6.45) is 0. The van der Waals surface area contributed by atoms with Crippen LogP contribution in [0.3, 0.4) is 0 Å². The Balaban J connectivity index is 2.22. The third-order valence-electron chi connectivity index (χ3n) is 3.51. The molecular weight excluding hydrogens is 245 g/mol. The number of rotatable bonds is 2. The summed E-state index contributed by atoms with van der Waals surface area (Å²) in [5, 5.41) is 0. The first-order valence-corrected chi connectivity index (χ1v) is 6.48. The van der Waals surface area contributed by atoms with Crippen molar-refractivity contribution in [3.63, 3.8) is 0 Å². The van der Waals surface area contributed by atoms with Gasteiger partial charge in [-0.15, -0.1) is 0 Å². The summed E-state index contributed by atoms with van der Waals surface area (Å²) in [4.78, 5) is 16.4. The molecule has 1 aromatic rings. The molecule has 1 fully saturated rings. The average molecular weight is 265 g/mol. The molecular formula is C14H20FN3O. The Bertz CT molecular complexity index is 458. The van der Waals surface area contributed by atoms with Gasteiger partial charge >= 0.3 is 0 Å². The number of aryl methyl sites for hydroxylation is 1. The van der Waals surface area contributed by atoms with Gasteiger partial charge in [0.2, 0.25) is 0 Å². The standard InChI is InChI=1S/C14H20FN3O/c1-10-5-11(7-12(15)6-10)14(19)18-4-3-17(2)9-13(18)8-16/h5-7,13H,3-4,8-9,16H2,1-2H3/t13-/m0/s1. The van der Waals surface area contributed by atoms with Crippen LogP contribution < -0.4 is 5.73 Å². The second-order valence-corrected chi connectivity index (χ2v) is 5.17. The number of halogens is 1. The molecule has 2 rings (SSSR count). The van der Waals surface area contributed by atoms with Crippen LogP contribution >= 0.6 is 0 Å². The molecule has 1 atom stereocenters. The molecule has 5 heteroatoms. The van der Waals surface area contributed by atoms with Crippen LogP contribution in [-0.4, -0.2) is 55.0 Å². The molecule has 1 saturated heterocycles. The Morgan fingerprint density at radius 3 is 2.79 bits per heavy atom. The van der Waals surface area contributed by atoms with Crippen LogP contribution in [0.25, 0.3) is 0 Å². The highest BCUT2D eigenvalue weighted by Gasteiger charge is 2.28. The van der Waals surface area contributed by atoms with E-state index in [4.69, 9.17) is 5.73 Å². The van der Waals surface area contributed by atoms with Gasteiger partial charge in [-0.2, -0.15) is 0 Å². The monoisotopic (exact) mass is 265 g/mol. The van der Waals surface area contributed by atoms with E-state index in [9.17, 15) is 9.18 Å². The summed E-state index contributed by atoms with van der Waals surface area (Å²) in [6.45, 7) is 4.41. The van der Waals surface area contributed by atoms with Crippen molar-refractivity contribution in [1.82, 2.24) is 9.80 Å². The smallest absolute Gasteiger partial charge is 0.254 e. The first-order valence-electron chi connectivity index (χ1n) is 6.48. The Morgan fingerprint density at radius 1 is 1.42 bits per heavy atom. The maximum Gasteiger partial charge on any atom is 0.254 e. The third kappa shape index (κ3) is 3.11. The molecule has 1 aromatic carbocycles. The second-order valence-electron chi connectivity index (χ2n) is 5.17. The average Bonchev–Trinajstić information content (AvgIpc) is 2.36. The van der Waals surface area contributed by atoms with Crippen molar-refractivity contribution < 1.29 is 9.18 Å². The maximum atomic E-state index is 13.4. The van der Waals surface area contributed by atoms with Crippen molar-refractivity contribution in [3.05, 3.63) is 35.1 Å².